The zero-order valence-electron chi connectivity index (χ0n) is 4.96. The maximum atomic E-state index is 10.1. The van der Waals surface area contributed by atoms with Gasteiger partial charge < -0.3 is 15.6 Å². The lowest BCUT2D eigenvalue weighted by molar-refractivity contribution is -0.144. The van der Waals surface area contributed by atoms with Crippen LogP contribution in [0.15, 0.2) is 0 Å². The van der Waals surface area contributed by atoms with Crippen LogP contribution in [0.4, 0.5) is 0 Å². The first-order valence-corrected chi connectivity index (χ1v) is 2.71. The molecule has 1 fully saturated rings. The van der Waals surface area contributed by atoms with E-state index < -0.39 is 11.5 Å². The first-order chi connectivity index (χ1) is 4.12. The number of hydrogen-bond acceptors (Lipinski definition) is 3. The van der Waals surface area contributed by atoms with E-state index in [0.717, 1.165) is 0 Å². The Hall–Kier alpha value is -0.610. The van der Waals surface area contributed by atoms with Gasteiger partial charge in [0.25, 0.3) is 0 Å². The maximum absolute atomic E-state index is 10.1. The van der Waals surface area contributed by atoms with Crippen molar-refractivity contribution in [1.82, 2.24) is 0 Å². The highest BCUT2D eigenvalue weighted by Gasteiger charge is 2.36. The molecule has 9 heavy (non-hydrogen) atoms. The lowest BCUT2D eigenvalue weighted by Gasteiger charge is -2.36. The number of carboxylic acid groups (broad SMARTS) is 1. The highest BCUT2D eigenvalue weighted by molar-refractivity contribution is 5.68. The van der Waals surface area contributed by atoms with Gasteiger partial charge in [0.2, 0.25) is 0 Å². The van der Waals surface area contributed by atoms with Crippen molar-refractivity contribution in [3.05, 3.63) is 0 Å². The predicted molar refractivity (Wildman–Crippen MR) is 30.0 cm³/mol. The Labute approximate surface area is 52.6 Å². The smallest absolute Gasteiger partial charge is 0.305 e. The first kappa shape index (κ1) is 6.51. The van der Waals surface area contributed by atoms with Gasteiger partial charge in [-0.1, -0.05) is 0 Å². The molecule has 52 valence electrons. The normalized spacial score (nSPS) is 22.8. The zero-order chi connectivity index (χ0) is 6.91. The summed E-state index contributed by atoms with van der Waals surface area (Å²) in [5.74, 6) is -0.860. The number of rotatable bonds is 2. The largest absolute Gasteiger partial charge is 0.481 e. The molecule has 4 heteroatoms. The molecule has 0 unspecified atom stereocenters. The van der Waals surface area contributed by atoms with Crippen molar-refractivity contribution in [2.24, 2.45) is 5.73 Å². The summed E-state index contributed by atoms with van der Waals surface area (Å²) in [6.45, 7) is 0.749. The van der Waals surface area contributed by atoms with Crippen LogP contribution in [-0.2, 0) is 9.53 Å². The Morgan fingerprint density at radius 2 is 2.33 bits per heavy atom. The fourth-order valence-corrected chi connectivity index (χ4v) is 0.767. The van der Waals surface area contributed by atoms with Gasteiger partial charge in [-0.15, -0.1) is 0 Å². The van der Waals surface area contributed by atoms with Crippen molar-refractivity contribution in [2.45, 2.75) is 12.0 Å². The Kier molecular flexibility index (Phi) is 1.42. The third-order valence-corrected chi connectivity index (χ3v) is 1.28. The van der Waals surface area contributed by atoms with E-state index in [4.69, 9.17) is 15.6 Å². The Bertz CT molecular complexity index is 130. The molecule has 3 N–H and O–H groups in total. The van der Waals surface area contributed by atoms with Crippen molar-refractivity contribution in [3.8, 4) is 0 Å². The molecule has 0 aromatic heterocycles. The fraction of sp³-hybridized carbons (Fsp3) is 0.800. The monoisotopic (exact) mass is 131 g/mol. The molecule has 0 amide bonds. The van der Waals surface area contributed by atoms with Crippen LogP contribution in [0.1, 0.15) is 6.42 Å². The minimum Gasteiger partial charge on any atom is -0.481 e. The summed E-state index contributed by atoms with van der Waals surface area (Å²) in [4.78, 5) is 10.1. The molecular weight excluding hydrogens is 122 g/mol. The summed E-state index contributed by atoms with van der Waals surface area (Å²) in [6, 6.07) is 0. The van der Waals surface area contributed by atoms with Crippen LogP contribution in [0.3, 0.4) is 0 Å². The lowest BCUT2D eigenvalue weighted by Crippen LogP contribution is -2.58. The fourth-order valence-electron chi connectivity index (χ4n) is 0.767. The third kappa shape index (κ3) is 1.40. The molecule has 0 atom stereocenters. The second-order valence-corrected chi connectivity index (χ2v) is 2.43. The molecule has 1 rings (SSSR count). The van der Waals surface area contributed by atoms with Gasteiger partial charge in [-0.2, -0.15) is 0 Å². The van der Waals surface area contributed by atoms with Crippen LogP contribution in [0.5, 0.6) is 0 Å². The lowest BCUT2D eigenvalue weighted by atomic mass is 9.95. The highest BCUT2D eigenvalue weighted by Crippen LogP contribution is 2.16. The summed E-state index contributed by atoms with van der Waals surface area (Å²) in [7, 11) is 0. The van der Waals surface area contributed by atoms with Crippen LogP contribution < -0.4 is 5.73 Å². The number of hydrogen-bond donors (Lipinski definition) is 2. The molecule has 1 aliphatic heterocycles. The molecule has 1 aliphatic rings. The maximum Gasteiger partial charge on any atom is 0.305 e. The molecular formula is C5H9NO3. The Morgan fingerprint density at radius 1 is 1.78 bits per heavy atom. The van der Waals surface area contributed by atoms with Crippen molar-refractivity contribution >= 4 is 5.97 Å². The van der Waals surface area contributed by atoms with E-state index in [1.54, 1.807) is 0 Å². The Morgan fingerprint density at radius 3 is 2.44 bits per heavy atom. The van der Waals surface area contributed by atoms with Crippen LogP contribution >= 0.6 is 0 Å². The predicted octanol–water partition coefficient (Wildman–Crippen LogP) is -0.811. The number of aliphatic carboxylic acids is 1. The van der Waals surface area contributed by atoms with Gasteiger partial charge in [0, 0.05) is 0 Å². The summed E-state index contributed by atoms with van der Waals surface area (Å²) in [6.07, 6.45) is 0.00694. The minimum atomic E-state index is -0.860. The van der Waals surface area contributed by atoms with Crippen LogP contribution in [0, 0.1) is 0 Å². The van der Waals surface area contributed by atoms with Gasteiger partial charge in [-0.25, -0.2) is 0 Å². The molecule has 0 aromatic rings. The molecule has 0 bridgehead atoms. The van der Waals surface area contributed by atoms with Gasteiger partial charge in [-0.05, 0) is 0 Å². The number of carboxylic acids is 1. The Balaban J connectivity index is 2.33. The second-order valence-electron chi connectivity index (χ2n) is 2.43. The number of ether oxygens (including phenoxy) is 1. The van der Waals surface area contributed by atoms with Gasteiger partial charge in [0.15, 0.2) is 0 Å². The molecule has 4 nitrogen and oxygen atoms in total. The van der Waals surface area contributed by atoms with Gasteiger partial charge in [0.05, 0.1) is 25.2 Å². The van der Waals surface area contributed by atoms with E-state index in [2.05, 4.69) is 0 Å². The number of nitrogens with two attached hydrogens (primary N) is 1. The third-order valence-electron chi connectivity index (χ3n) is 1.28. The first-order valence-electron chi connectivity index (χ1n) is 2.71. The van der Waals surface area contributed by atoms with Crippen molar-refractivity contribution < 1.29 is 14.6 Å². The average Bonchev–Trinajstić information content (AvgIpc) is 1.60. The van der Waals surface area contributed by atoms with E-state index in [9.17, 15) is 4.79 Å². The second kappa shape index (κ2) is 1.97. The molecule has 0 radical (unpaired) electrons. The summed E-state index contributed by atoms with van der Waals surface area (Å²) in [5.41, 5.74) is 4.92. The van der Waals surface area contributed by atoms with E-state index >= 15 is 0 Å². The number of carbonyl (C=O) groups is 1. The van der Waals surface area contributed by atoms with E-state index in [1.165, 1.54) is 0 Å². The van der Waals surface area contributed by atoms with Gasteiger partial charge >= 0.3 is 5.97 Å². The quantitative estimate of drug-likeness (QED) is 0.514. The molecule has 0 saturated carbocycles. The summed E-state index contributed by atoms with van der Waals surface area (Å²) in [5, 5.41) is 8.28. The van der Waals surface area contributed by atoms with E-state index in [1.807, 2.05) is 0 Å². The van der Waals surface area contributed by atoms with Crippen molar-refractivity contribution in [2.75, 3.05) is 13.2 Å². The van der Waals surface area contributed by atoms with Crippen LogP contribution in [-0.4, -0.2) is 29.8 Å². The van der Waals surface area contributed by atoms with Crippen molar-refractivity contribution in [3.63, 3.8) is 0 Å². The van der Waals surface area contributed by atoms with E-state index in [0.29, 0.717) is 13.2 Å². The standard InChI is InChI=1S/C5H9NO3/c6-5(1-4(7)8)2-9-3-5/h1-3,6H2,(H,7,8). The van der Waals surface area contributed by atoms with Crippen molar-refractivity contribution in [1.29, 1.82) is 0 Å². The molecule has 1 heterocycles. The minimum absolute atomic E-state index is 0.00694. The SMILES string of the molecule is NC1(CC(=O)O)COC1. The van der Waals surface area contributed by atoms with E-state index in [-0.39, 0.29) is 6.42 Å². The molecule has 0 spiro atoms. The van der Waals surface area contributed by atoms with Crippen LogP contribution in [0.25, 0.3) is 0 Å². The zero-order valence-corrected chi connectivity index (χ0v) is 4.96. The highest BCUT2D eigenvalue weighted by atomic mass is 16.5. The molecule has 1 saturated heterocycles. The average molecular weight is 131 g/mol. The van der Waals surface area contributed by atoms with Gasteiger partial charge in [0.1, 0.15) is 0 Å². The van der Waals surface area contributed by atoms with Crippen LogP contribution in [0.2, 0.25) is 0 Å². The topological polar surface area (TPSA) is 72.6 Å². The molecule has 0 aromatic carbocycles. The summed E-state index contributed by atoms with van der Waals surface area (Å²) >= 11 is 0. The molecule has 0 aliphatic carbocycles. The van der Waals surface area contributed by atoms with Gasteiger partial charge in [-0.3, -0.25) is 4.79 Å². The summed E-state index contributed by atoms with van der Waals surface area (Å²) < 4.78 is 4.75.